The largest absolute Gasteiger partial charge is 0.343 e. The average Bonchev–Trinajstić information content (AvgIpc) is 2.55. The number of rotatable bonds is 5. The number of nitrogens with one attached hydrogen (secondary N) is 2. The highest BCUT2D eigenvalue weighted by Crippen LogP contribution is 2.15. The van der Waals surface area contributed by atoms with Crippen molar-refractivity contribution in [2.45, 2.75) is 20.3 Å². The third-order valence-electron chi connectivity index (χ3n) is 3.52. The smallest absolute Gasteiger partial charge is 0.251 e. The summed E-state index contributed by atoms with van der Waals surface area (Å²) in [4.78, 5) is 23.9. The predicted molar refractivity (Wildman–Crippen MR) is 87.9 cm³/mol. The summed E-state index contributed by atoms with van der Waals surface area (Å²) in [5.41, 5.74) is 2.41. The summed E-state index contributed by atoms with van der Waals surface area (Å²) >= 11 is 0. The summed E-state index contributed by atoms with van der Waals surface area (Å²) in [5, 5.41) is 5.25. The molecule has 0 bridgehead atoms. The van der Waals surface area contributed by atoms with Crippen LogP contribution in [0.3, 0.4) is 0 Å². The Morgan fingerprint density at radius 1 is 1.13 bits per heavy atom. The SMILES string of the molecule is CCc1ccccc1NC(=O)CNC(=O)c1ccc(C)c(F)c1. The first-order chi connectivity index (χ1) is 11.0. The molecule has 0 heterocycles. The molecule has 0 aliphatic carbocycles. The lowest BCUT2D eigenvalue weighted by Crippen LogP contribution is -2.33. The lowest BCUT2D eigenvalue weighted by Gasteiger charge is -2.10. The van der Waals surface area contributed by atoms with Gasteiger partial charge in [0.15, 0.2) is 0 Å². The van der Waals surface area contributed by atoms with Crippen LogP contribution in [0.15, 0.2) is 42.5 Å². The summed E-state index contributed by atoms with van der Waals surface area (Å²) < 4.78 is 13.5. The van der Waals surface area contributed by atoms with Crippen LogP contribution >= 0.6 is 0 Å². The van der Waals surface area contributed by atoms with Gasteiger partial charge in [0.25, 0.3) is 5.91 Å². The number of aryl methyl sites for hydroxylation is 2. The van der Waals surface area contributed by atoms with Crippen molar-refractivity contribution in [2.24, 2.45) is 0 Å². The normalized spacial score (nSPS) is 10.2. The lowest BCUT2D eigenvalue weighted by molar-refractivity contribution is -0.115. The Bertz CT molecular complexity index is 729. The van der Waals surface area contributed by atoms with Gasteiger partial charge in [-0.25, -0.2) is 4.39 Å². The number of para-hydroxylation sites is 1. The van der Waals surface area contributed by atoms with Crippen LogP contribution in [0.2, 0.25) is 0 Å². The highest BCUT2D eigenvalue weighted by molar-refractivity contribution is 5.99. The van der Waals surface area contributed by atoms with E-state index in [2.05, 4.69) is 10.6 Å². The zero-order valence-electron chi connectivity index (χ0n) is 13.2. The van der Waals surface area contributed by atoms with Crippen LogP contribution in [0.1, 0.15) is 28.4 Å². The van der Waals surface area contributed by atoms with E-state index in [4.69, 9.17) is 0 Å². The summed E-state index contributed by atoms with van der Waals surface area (Å²) in [5.74, 6) is -1.26. The third kappa shape index (κ3) is 4.39. The number of hydrogen-bond acceptors (Lipinski definition) is 2. The first-order valence-corrected chi connectivity index (χ1v) is 7.43. The van der Waals surface area contributed by atoms with Crippen molar-refractivity contribution >= 4 is 17.5 Å². The zero-order chi connectivity index (χ0) is 16.8. The van der Waals surface area contributed by atoms with Crippen LogP contribution in [-0.2, 0) is 11.2 Å². The second kappa shape index (κ2) is 7.54. The van der Waals surface area contributed by atoms with Gasteiger partial charge in [0.2, 0.25) is 5.91 Å². The molecule has 2 aromatic carbocycles. The number of carbonyl (C=O) groups is 2. The van der Waals surface area contributed by atoms with Crippen LogP contribution in [0, 0.1) is 12.7 Å². The summed E-state index contributed by atoms with van der Waals surface area (Å²) in [6, 6.07) is 11.7. The van der Waals surface area contributed by atoms with Gasteiger partial charge in [-0.15, -0.1) is 0 Å². The fourth-order valence-electron chi connectivity index (χ4n) is 2.14. The van der Waals surface area contributed by atoms with Crippen molar-refractivity contribution in [1.82, 2.24) is 5.32 Å². The van der Waals surface area contributed by atoms with E-state index in [1.165, 1.54) is 12.1 Å². The molecule has 0 radical (unpaired) electrons. The fourth-order valence-corrected chi connectivity index (χ4v) is 2.14. The van der Waals surface area contributed by atoms with Crippen molar-refractivity contribution in [2.75, 3.05) is 11.9 Å². The molecule has 0 saturated carbocycles. The lowest BCUT2D eigenvalue weighted by atomic mass is 10.1. The van der Waals surface area contributed by atoms with E-state index in [-0.39, 0.29) is 18.0 Å². The van der Waals surface area contributed by atoms with Crippen LogP contribution in [0.5, 0.6) is 0 Å². The van der Waals surface area contributed by atoms with E-state index in [0.717, 1.165) is 23.7 Å². The van der Waals surface area contributed by atoms with Gasteiger partial charge in [0.05, 0.1) is 6.54 Å². The van der Waals surface area contributed by atoms with Gasteiger partial charge in [-0.05, 0) is 42.7 Å². The maximum atomic E-state index is 13.5. The Morgan fingerprint density at radius 3 is 2.57 bits per heavy atom. The van der Waals surface area contributed by atoms with Crippen LogP contribution < -0.4 is 10.6 Å². The number of carbonyl (C=O) groups excluding carboxylic acids is 2. The Morgan fingerprint density at radius 2 is 1.87 bits per heavy atom. The second-order valence-corrected chi connectivity index (χ2v) is 5.21. The Balaban J connectivity index is 1.93. The molecule has 0 spiro atoms. The monoisotopic (exact) mass is 314 g/mol. The van der Waals surface area contributed by atoms with Crippen molar-refractivity contribution in [3.8, 4) is 0 Å². The van der Waals surface area contributed by atoms with Gasteiger partial charge >= 0.3 is 0 Å². The van der Waals surface area contributed by atoms with E-state index in [0.29, 0.717) is 5.56 Å². The molecule has 2 N–H and O–H groups in total. The van der Waals surface area contributed by atoms with Crippen LogP contribution in [0.4, 0.5) is 10.1 Å². The predicted octanol–water partition coefficient (Wildman–Crippen LogP) is 3.07. The van der Waals surface area contributed by atoms with E-state index in [1.54, 1.807) is 6.92 Å². The van der Waals surface area contributed by atoms with E-state index in [9.17, 15) is 14.0 Å². The first kappa shape index (κ1) is 16.7. The molecule has 120 valence electrons. The summed E-state index contributed by atoms with van der Waals surface area (Å²) in [7, 11) is 0. The molecule has 2 aromatic rings. The molecule has 5 heteroatoms. The topological polar surface area (TPSA) is 58.2 Å². The third-order valence-corrected chi connectivity index (χ3v) is 3.52. The maximum absolute atomic E-state index is 13.5. The Labute approximate surface area is 134 Å². The van der Waals surface area contributed by atoms with E-state index < -0.39 is 11.7 Å². The molecule has 0 aromatic heterocycles. The minimum atomic E-state index is -0.483. The number of amides is 2. The molecular weight excluding hydrogens is 295 g/mol. The quantitative estimate of drug-likeness (QED) is 0.891. The van der Waals surface area contributed by atoms with Crippen LogP contribution in [-0.4, -0.2) is 18.4 Å². The van der Waals surface area contributed by atoms with Crippen molar-refractivity contribution in [3.05, 3.63) is 65.0 Å². The van der Waals surface area contributed by atoms with Crippen molar-refractivity contribution in [1.29, 1.82) is 0 Å². The molecule has 4 nitrogen and oxygen atoms in total. The molecule has 23 heavy (non-hydrogen) atoms. The highest BCUT2D eigenvalue weighted by atomic mass is 19.1. The number of halogens is 1. The van der Waals surface area contributed by atoms with E-state index in [1.807, 2.05) is 31.2 Å². The van der Waals surface area contributed by atoms with Crippen molar-refractivity contribution in [3.63, 3.8) is 0 Å². The molecule has 0 atom stereocenters. The molecule has 0 saturated heterocycles. The van der Waals surface area contributed by atoms with Crippen molar-refractivity contribution < 1.29 is 14.0 Å². The minimum Gasteiger partial charge on any atom is -0.343 e. The number of hydrogen-bond donors (Lipinski definition) is 2. The average molecular weight is 314 g/mol. The maximum Gasteiger partial charge on any atom is 0.251 e. The fraction of sp³-hybridized carbons (Fsp3) is 0.222. The summed E-state index contributed by atoms with van der Waals surface area (Å²) in [6.07, 6.45) is 0.797. The summed E-state index contributed by atoms with van der Waals surface area (Å²) in [6.45, 7) is 3.45. The Hall–Kier alpha value is -2.69. The van der Waals surface area contributed by atoms with Gasteiger partial charge in [0, 0.05) is 11.3 Å². The molecule has 0 unspecified atom stereocenters. The Kier molecular flexibility index (Phi) is 5.46. The van der Waals surface area contributed by atoms with Gasteiger partial charge < -0.3 is 10.6 Å². The molecule has 2 amide bonds. The standard InChI is InChI=1S/C18H19FN2O2/c1-3-13-6-4-5-7-16(13)21-17(22)11-20-18(23)14-9-8-12(2)15(19)10-14/h4-10H,3,11H2,1-2H3,(H,20,23)(H,21,22). The van der Waals surface area contributed by atoms with E-state index >= 15 is 0 Å². The van der Waals surface area contributed by atoms with Gasteiger partial charge in [0.1, 0.15) is 5.82 Å². The number of anilines is 1. The van der Waals surface area contributed by atoms with Gasteiger partial charge in [-0.2, -0.15) is 0 Å². The molecule has 0 aliphatic rings. The van der Waals surface area contributed by atoms with Gasteiger partial charge in [-0.1, -0.05) is 31.2 Å². The molecule has 0 aliphatic heterocycles. The highest BCUT2D eigenvalue weighted by Gasteiger charge is 2.11. The van der Waals surface area contributed by atoms with Gasteiger partial charge in [-0.3, -0.25) is 9.59 Å². The molecular formula is C18H19FN2O2. The zero-order valence-corrected chi connectivity index (χ0v) is 13.2. The minimum absolute atomic E-state index is 0.174. The molecule has 0 fully saturated rings. The van der Waals surface area contributed by atoms with Crippen LogP contribution in [0.25, 0.3) is 0 Å². The molecule has 2 rings (SSSR count). The first-order valence-electron chi connectivity index (χ1n) is 7.43. The second-order valence-electron chi connectivity index (χ2n) is 5.21. The number of benzene rings is 2.